The predicted octanol–water partition coefficient (Wildman–Crippen LogP) is 0.105. The summed E-state index contributed by atoms with van der Waals surface area (Å²) in [5.74, 6) is 0.212. The van der Waals surface area contributed by atoms with Gasteiger partial charge in [-0.05, 0) is 0 Å². The number of nitrogens with one attached hydrogen (secondary N) is 1. The van der Waals surface area contributed by atoms with Gasteiger partial charge in [0.25, 0.3) is 0 Å². The molecule has 0 aromatic carbocycles. The van der Waals surface area contributed by atoms with E-state index in [0.717, 1.165) is 12.1 Å². The molecule has 1 heterocycles. The number of rotatable bonds is 0. The molecule has 44 valence electrons. The summed E-state index contributed by atoms with van der Waals surface area (Å²) in [4.78, 5) is 10.7. The second-order valence-corrected chi connectivity index (χ2v) is 1.95. The number of carbonyl (C=O) groups is 1. The molecule has 1 aliphatic rings. The van der Waals surface area contributed by atoms with Gasteiger partial charge in [-0.3, -0.25) is 4.79 Å². The van der Waals surface area contributed by atoms with Crippen molar-refractivity contribution in [1.29, 1.82) is 0 Å². The average Bonchev–Trinajstić information content (AvgIpc) is 1.77. The summed E-state index contributed by atoms with van der Waals surface area (Å²) in [5.41, 5.74) is 0.719. The minimum atomic E-state index is 0.212. The lowest BCUT2D eigenvalue weighted by Gasteiger charge is -2.11. The van der Waals surface area contributed by atoms with Gasteiger partial charge in [-0.2, -0.15) is 0 Å². The molecular formula is C6H9NO. The van der Waals surface area contributed by atoms with Crippen molar-refractivity contribution in [2.24, 2.45) is 0 Å². The highest BCUT2D eigenvalue weighted by molar-refractivity contribution is 5.95. The van der Waals surface area contributed by atoms with Gasteiger partial charge < -0.3 is 5.32 Å². The molecule has 0 aromatic rings. The Bertz CT molecular complexity index is 112. The van der Waals surface area contributed by atoms with Gasteiger partial charge in [0, 0.05) is 25.1 Å². The molecule has 0 radical (unpaired) electrons. The van der Waals surface area contributed by atoms with Crippen LogP contribution in [-0.2, 0) is 4.79 Å². The number of carbonyl (C=O) groups excluding carboxylic acids is 1. The highest BCUT2D eigenvalue weighted by atomic mass is 16.1. The molecule has 0 aromatic heterocycles. The highest BCUT2D eigenvalue weighted by Crippen LogP contribution is 1.99. The van der Waals surface area contributed by atoms with E-state index in [1.54, 1.807) is 0 Å². The maximum Gasteiger partial charge on any atom is 0.160 e. The van der Waals surface area contributed by atoms with Gasteiger partial charge in [-0.15, -0.1) is 0 Å². The molecule has 1 rings (SSSR count). The number of hydrogen-bond donors (Lipinski definition) is 1. The molecule has 0 amide bonds. The third kappa shape index (κ3) is 0.954. The molecule has 0 atom stereocenters. The molecule has 2 nitrogen and oxygen atoms in total. The van der Waals surface area contributed by atoms with Crippen LogP contribution in [0.5, 0.6) is 0 Å². The van der Waals surface area contributed by atoms with Gasteiger partial charge in [0.05, 0.1) is 0 Å². The fourth-order valence-electron chi connectivity index (χ4n) is 0.717. The van der Waals surface area contributed by atoms with Gasteiger partial charge in [-0.25, -0.2) is 0 Å². The Balaban J connectivity index is 2.52. The summed E-state index contributed by atoms with van der Waals surface area (Å²) >= 11 is 0. The third-order valence-electron chi connectivity index (χ3n) is 1.26. The fourth-order valence-corrected chi connectivity index (χ4v) is 0.717. The summed E-state index contributed by atoms with van der Waals surface area (Å²) < 4.78 is 0. The zero-order valence-electron chi connectivity index (χ0n) is 4.74. The molecule has 0 bridgehead atoms. The highest BCUT2D eigenvalue weighted by Gasteiger charge is 2.10. The van der Waals surface area contributed by atoms with Crippen LogP contribution in [0.15, 0.2) is 12.2 Å². The maximum atomic E-state index is 10.7. The van der Waals surface area contributed by atoms with Gasteiger partial charge in [-0.1, -0.05) is 6.58 Å². The molecule has 0 spiro atoms. The van der Waals surface area contributed by atoms with Crippen molar-refractivity contribution in [3.05, 3.63) is 12.2 Å². The van der Waals surface area contributed by atoms with Gasteiger partial charge in [0.15, 0.2) is 5.78 Å². The molecule has 1 N–H and O–H groups in total. The van der Waals surface area contributed by atoms with Crippen LogP contribution >= 0.6 is 0 Å². The van der Waals surface area contributed by atoms with E-state index in [0.29, 0.717) is 13.0 Å². The van der Waals surface area contributed by atoms with Crippen LogP contribution in [0, 0.1) is 0 Å². The lowest BCUT2D eigenvalue weighted by atomic mass is 10.1. The Kier molecular flexibility index (Phi) is 1.44. The predicted molar refractivity (Wildman–Crippen MR) is 31.6 cm³/mol. The Morgan fingerprint density at radius 3 is 2.75 bits per heavy atom. The summed E-state index contributed by atoms with van der Waals surface area (Å²) in [6.45, 7) is 5.08. The first-order chi connectivity index (χ1) is 3.80. The first-order valence-electron chi connectivity index (χ1n) is 2.72. The van der Waals surface area contributed by atoms with Crippen LogP contribution < -0.4 is 5.32 Å². The largest absolute Gasteiger partial charge is 0.312 e. The Labute approximate surface area is 48.6 Å². The summed E-state index contributed by atoms with van der Waals surface area (Å²) in [6.07, 6.45) is 0.624. The Morgan fingerprint density at radius 1 is 1.62 bits per heavy atom. The van der Waals surface area contributed by atoms with Crippen molar-refractivity contribution >= 4 is 5.78 Å². The Hall–Kier alpha value is -0.630. The molecule has 0 unspecified atom stereocenters. The zero-order valence-corrected chi connectivity index (χ0v) is 4.74. The quantitative estimate of drug-likeness (QED) is 0.449. The molecule has 1 fully saturated rings. The molecule has 0 saturated carbocycles. The normalized spacial score (nSPS) is 21.5. The average molecular weight is 111 g/mol. The minimum absolute atomic E-state index is 0.212. The standard InChI is InChI=1S/C6H9NO/c1-5-4-7-3-2-6(5)8/h7H,1-4H2. The monoisotopic (exact) mass is 111 g/mol. The van der Waals surface area contributed by atoms with Gasteiger partial charge in [0.1, 0.15) is 0 Å². The maximum absolute atomic E-state index is 10.7. The van der Waals surface area contributed by atoms with E-state index < -0.39 is 0 Å². The van der Waals surface area contributed by atoms with E-state index in [1.165, 1.54) is 0 Å². The van der Waals surface area contributed by atoms with Crippen molar-refractivity contribution in [2.75, 3.05) is 13.1 Å². The Morgan fingerprint density at radius 2 is 2.38 bits per heavy atom. The van der Waals surface area contributed by atoms with Crippen molar-refractivity contribution < 1.29 is 4.79 Å². The topological polar surface area (TPSA) is 29.1 Å². The van der Waals surface area contributed by atoms with Gasteiger partial charge in [0.2, 0.25) is 0 Å². The molecule has 2 heteroatoms. The van der Waals surface area contributed by atoms with E-state index in [2.05, 4.69) is 11.9 Å². The van der Waals surface area contributed by atoms with Crippen LogP contribution in [0.3, 0.4) is 0 Å². The van der Waals surface area contributed by atoms with Crippen LogP contribution in [0.2, 0.25) is 0 Å². The molecular weight excluding hydrogens is 102 g/mol. The second kappa shape index (κ2) is 2.09. The molecule has 1 aliphatic heterocycles. The lowest BCUT2D eigenvalue weighted by Crippen LogP contribution is -2.29. The summed E-state index contributed by atoms with van der Waals surface area (Å²) in [7, 11) is 0. The van der Waals surface area contributed by atoms with Crippen LogP contribution in [0.1, 0.15) is 6.42 Å². The number of Topliss-reactive ketones (excluding diaryl/α,β-unsaturated/α-hetero) is 1. The minimum Gasteiger partial charge on any atom is -0.312 e. The second-order valence-electron chi connectivity index (χ2n) is 1.95. The summed E-state index contributed by atoms with van der Waals surface area (Å²) in [6, 6.07) is 0. The van der Waals surface area contributed by atoms with Crippen molar-refractivity contribution in [1.82, 2.24) is 5.32 Å². The number of hydrogen-bond acceptors (Lipinski definition) is 2. The van der Waals surface area contributed by atoms with E-state index in [1.807, 2.05) is 0 Å². The van der Waals surface area contributed by atoms with Crippen molar-refractivity contribution in [2.45, 2.75) is 6.42 Å². The molecule has 1 saturated heterocycles. The van der Waals surface area contributed by atoms with Crippen LogP contribution in [-0.4, -0.2) is 18.9 Å². The van der Waals surface area contributed by atoms with Gasteiger partial charge >= 0.3 is 0 Å². The smallest absolute Gasteiger partial charge is 0.160 e. The zero-order chi connectivity index (χ0) is 5.98. The fraction of sp³-hybridized carbons (Fsp3) is 0.500. The van der Waals surface area contributed by atoms with Crippen molar-refractivity contribution in [3.8, 4) is 0 Å². The van der Waals surface area contributed by atoms with E-state index in [4.69, 9.17) is 0 Å². The third-order valence-corrected chi connectivity index (χ3v) is 1.26. The SMILES string of the molecule is C=C1CNCCC1=O. The lowest BCUT2D eigenvalue weighted by molar-refractivity contribution is -0.116. The number of ketones is 1. The first kappa shape index (κ1) is 5.51. The summed E-state index contributed by atoms with van der Waals surface area (Å²) in [5, 5.41) is 3.04. The number of piperidine rings is 1. The molecule has 0 aliphatic carbocycles. The van der Waals surface area contributed by atoms with E-state index >= 15 is 0 Å². The first-order valence-corrected chi connectivity index (χ1v) is 2.72. The van der Waals surface area contributed by atoms with Crippen LogP contribution in [0.25, 0.3) is 0 Å². The molecule has 8 heavy (non-hydrogen) atoms. The van der Waals surface area contributed by atoms with E-state index in [9.17, 15) is 4.79 Å². The van der Waals surface area contributed by atoms with Crippen molar-refractivity contribution in [3.63, 3.8) is 0 Å². The van der Waals surface area contributed by atoms with Crippen LogP contribution in [0.4, 0.5) is 0 Å². The van der Waals surface area contributed by atoms with E-state index in [-0.39, 0.29) is 5.78 Å².